The van der Waals surface area contributed by atoms with Gasteiger partial charge in [-0.1, -0.05) is 30.3 Å². The van der Waals surface area contributed by atoms with Crippen LogP contribution in [0.3, 0.4) is 0 Å². The lowest BCUT2D eigenvalue weighted by atomic mass is 10.1. The van der Waals surface area contributed by atoms with Crippen LogP contribution in [0.25, 0.3) is 0 Å². The quantitative estimate of drug-likeness (QED) is 0.845. The van der Waals surface area contributed by atoms with Gasteiger partial charge >= 0.3 is 6.18 Å². The van der Waals surface area contributed by atoms with Crippen molar-refractivity contribution in [3.8, 4) is 0 Å². The standard InChI is InChI=1S/C16H16F3NO3/c1-10(21)13-14(22)12(7-8-16(17,18)19)20(15(13)23)9-11-5-3-2-4-6-11/h2-6,12,22H,7-9H2,1H3. The fourth-order valence-electron chi connectivity index (χ4n) is 2.59. The Kier molecular flexibility index (Phi) is 4.77. The summed E-state index contributed by atoms with van der Waals surface area (Å²) in [6.07, 6.45) is -6.03. The van der Waals surface area contributed by atoms with Crippen LogP contribution in [0.15, 0.2) is 41.7 Å². The largest absolute Gasteiger partial charge is 0.509 e. The van der Waals surface area contributed by atoms with E-state index in [1.807, 2.05) is 0 Å². The third kappa shape index (κ3) is 3.91. The van der Waals surface area contributed by atoms with Crippen molar-refractivity contribution in [3.63, 3.8) is 0 Å². The summed E-state index contributed by atoms with van der Waals surface area (Å²) in [7, 11) is 0. The first-order valence-corrected chi connectivity index (χ1v) is 7.06. The topological polar surface area (TPSA) is 57.6 Å². The van der Waals surface area contributed by atoms with Gasteiger partial charge in [-0.2, -0.15) is 13.2 Å². The Hall–Kier alpha value is -2.31. The number of aliphatic hydroxyl groups excluding tert-OH is 1. The molecule has 0 spiro atoms. The molecule has 0 bridgehead atoms. The summed E-state index contributed by atoms with van der Waals surface area (Å²) in [6.45, 7) is 1.14. The highest BCUT2D eigenvalue weighted by Gasteiger charge is 2.42. The first kappa shape index (κ1) is 17.1. The van der Waals surface area contributed by atoms with E-state index in [-0.39, 0.29) is 6.54 Å². The lowest BCUT2D eigenvalue weighted by molar-refractivity contribution is -0.141. The molecule has 1 aromatic carbocycles. The number of benzene rings is 1. The van der Waals surface area contributed by atoms with E-state index in [1.165, 1.54) is 0 Å². The predicted molar refractivity (Wildman–Crippen MR) is 76.4 cm³/mol. The molecule has 2 rings (SSSR count). The van der Waals surface area contributed by atoms with Crippen LogP contribution in [0.5, 0.6) is 0 Å². The number of alkyl halides is 3. The molecule has 7 heteroatoms. The summed E-state index contributed by atoms with van der Waals surface area (Å²) in [5.41, 5.74) is 0.281. The molecule has 1 aliphatic rings. The van der Waals surface area contributed by atoms with Gasteiger partial charge in [0.15, 0.2) is 5.78 Å². The van der Waals surface area contributed by atoms with E-state index in [1.54, 1.807) is 30.3 Å². The van der Waals surface area contributed by atoms with Gasteiger partial charge in [0, 0.05) is 13.0 Å². The summed E-state index contributed by atoms with van der Waals surface area (Å²) in [5.74, 6) is -1.95. The molecule has 4 nitrogen and oxygen atoms in total. The van der Waals surface area contributed by atoms with Gasteiger partial charge in [0.05, 0.1) is 6.04 Å². The number of carbonyl (C=O) groups excluding carboxylic acids is 2. The molecule has 1 aliphatic heterocycles. The summed E-state index contributed by atoms with van der Waals surface area (Å²) >= 11 is 0. The smallest absolute Gasteiger partial charge is 0.389 e. The Bertz CT molecular complexity index is 638. The van der Waals surface area contributed by atoms with Crippen LogP contribution in [-0.2, 0) is 16.1 Å². The Morgan fingerprint density at radius 1 is 1.26 bits per heavy atom. The molecule has 0 saturated carbocycles. The van der Waals surface area contributed by atoms with Crippen LogP contribution >= 0.6 is 0 Å². The second-order valence-corrected chi connectivity index (χ2v) is 5.40. The predicted octanol–water partition coefficient (Wildman–Crippen LogP) is 3.14. The van der Waals surface area contributed by atoms with Gasteiger partial charge < -0.3 is 10.0 Å². The zero-order valence-corrected chi connectivity index (χ0v) is 12.4. The molecule has 1 unspecified atom stereocenters. The van der Waals surface area contributed by atoms with Crippen LogP contribution in [0.1, 0.15) is 25.3 Å². The molecule has 0 radical (unpaired) electrons. The average Bonchev–Trinajstić information content (AvgIpc) is 2.68. The molecule has 1 atom stereocenters. The first-order valence-electron chi connectivity index (χ1n) is 7.06. The maximum absolute atomic E-state index is 12.5. The van der Waals surface area contributed by atoms with Gasteiger partial charge in [-0.3, -0.25) is 9.59 Å². The number of amides is 1. The zero-order valence-electron chi connectivity index (χ0n) is 12.4. The van der Waals surface area contributed by atoms with Gasteiger partial charge in [-0.15, -0.1) is 0 Å². The molecule has 1 aromatic rings. The van der Waals surface area contributed by atoms with Crippen molar-refractivity contribution in [3.05, 3.63) is 47.2 Å². The van der Waals surface area contributed by atoms with E-state index in [0.29, 0.717) is 5.56 Å². The van der Waals surface area contributed by atoms with E-state index in [0.717, 1.165) is 11.8 Å². The molecule has 0 aromatic heterocycles. The molecule has 0 fully saturated rings. The third-order valence-electron chi connectivity index (χ3n) is 3.67. The molecule has 1 heterocycles. The fraction of sp³-hybridized carbons (Fsp3) is 0.375. The number of Topliss-reactive ketones (excluding diaryl/α,β-unsaturated/α-hetero) is 1. The van der Waals surface area contributed by atoms with E-state index < -0.39 is 48.1 Å². The van der Waals surface area contributed by atoms with E-state index >= 15 is 0 Å². The fourth-order valence-corrected chi connectivity index (χ4v) is 2.59. The monoisotopic (exact) mass is 327 g/mol. The molecule has 1 amide bonds. The van der Waals surface area contributed by atoms with Crippen LogP contribution in [0.4, 0.5) is 13.2 Å². The Morgan fingerprint density at radius 3 is 2.39 bits per heavy atom. The highest BCUT2D eigenvalue weighted by molar-refractivity contribution is 6.20. The number of aliphatic hydroxyl groups is 1. The summed E-state index contributed by atoms with van der Waals surface area (Å²) in [6, 6.07) is 7.55. The van der Waals surface area contributed by atoms with E-state index in [2.05, 4.69) is 0 Å². The average molecular weight is 327 g/mol. The maximum Gasteiger partial charge on any atom is 0.389 e. The van der Waals surface area contributed by atoms with Gasteiger partial charge in [0.1, 0.15) is 11.3 Å². The first-order chi connectivity index (χ1) is 10.7. The van der Waals surface area contributed by atoms with E-state index in [4.69, 9.17) is 0 Å². The van der Waals surface area contributed by atoms with Crippen molar-refractivity contribution in [2.45, 2.75) is 38.5 Å². The number of hydrogen-bond acceptors (Lipinski definition) is 3. The molecule has 1 N–H and O–H groups in total. The Labute approximate surface area is 131 Å². The highest BCUT2D eigenvalue weighted by atomic mass is 19.4. The lowest BCUT2D eigenvalue weighted by Crippen LogP contribution is -2.36. The minimum absolute atomic E-state index is 0.0308. The minimum Gasteiger partial charge on any atom is -0.509 e. The molecular formula is C16H16F3NO3. The molecule has 124 valence electrons. The Morgan fingerprint density at radius 2 is 1.87 bits per heavy atom. The number of ketones is 1. The maximum atomic E-state index is 12.5. The van der Waals surface area contributed by atoms with Crippen molar-refractivity contribution >= 4 is 11.7 Å². The van der Waals surface area contributed by atoms with Crippen LogP contribution < -0.4 is 0 Å². The van der Waals surface area contributed by atoms with E-state index in [9.17, 15) is 27.9 Å². The van der Waals surface area contributed by atoms with Gasteiger partial charge in [-0.05, 0) is 18.9 Å². The van der Waals surface area contributed by atoms with Crippen molar-refractivity contribution in [2.24, 2.45) is 0 Å². The number of halogens is 3. The number of hydrogen-bond donors (Lipinski definition) is 1. The van der Waals surface area contributed by atoms with Crippen LogP contribution in [-0.4, -0.2) is 33.9 Å². The van der Waals surface area contributed by atoms with Crippen molar-refractivity contribution in [1.82, 2.24) is 4.90 Å². The highest BCUT2D eigenvalue weighted by Crippen LogP contribution is 2.32. The normalized spacial score (nSPS) is 18.7. The Balaban J connectivity index is 2.27. The number of rotatable bonds is 5. The van der Waals surface area contributed by atoms with Crippen molar-refractivity contribution < 1.29 is 27.9 Å². The summed E-state index contributed by atoms with van der Waals surface area (Å²) < 4.78 is 37.4. The molecule has 0 saturated heterocycles. The summed E-state index contributed by atoms with van der Waals surface area (Å²) in [5, 5.41) is 10.1. The molecule has 0 aliphatic carbocycles. The summed E-state index contributed by atoms with van der Waals surface area (Å²) in [4.78, 5) is 24.9. The van der Waals surface area contributed by atoms with Gasteiger partial charge in [0.2, 0.25) is 0 Å². The number of nitrogens with zero attached hydrogens (tertiary/aromatic N) is 1. The minimum atomic E-state index is -4.40. The molecular weight excluding hydrogens is 311 g/mol. The lowest BCUT2D eigenvalue weighted by Gasteiger charge is -2.26. The van der Waals surface area contributed by atoms with Gasteiger partial charge in [-0.25, -0.2) is 0 Å². The number of carbonyl (C=O) groups is 2. The second-order valence-electron chi connectivity index (χ2n) is 5.40. The van der Waals surface area contributed by atoms with Crippen molar-refractivity contribution in [2.75, 3.05) is 0 Å². The zero-order chi connectivity index (χ0) is 17.2. The SMILES string of the molecule is CC(=O)C1=C(O)C(CCC(F)(F)F)N(Cc2ccccc2)C1=O. The van der Waals surface area contributed by atoms with Crippen molar-refractivity contribution in [1.29, 1.82) is 0 Å². The second kappa shape index (κ2) is 6.44. The third-order valence-corrected chi connectivity index (χ3v) is 3.67. The molecule has 23 heavy (non-hydrogen) atoms. The van der Waals surface area contributed by atoms with Gasteiger partial charge in [0.25, 0.3) is 5.91 Å². The van der Waals surface area contributed by atoms with Crippen LogP contribution in [0, 0.1) is 0 Å². The van der Waals surface area contributed by atoms with Crippen LogP contribution in [0.2, 0.25) is 0 Å².